The molecule has 1 aromatic heterocycles. The van der Waals surface area contributed by atoms with Crippen LogP contribution in [0.4, 0.5) is 8.78 Å². The van der Waals surface area contributed by atoms with Gasteiger partial charge in [0.15, 0.2) is 0 Å². The van der Waals surface area contributed by atoms with Crippen LogP contribution in [0.1, 0.15) is 11.7 Å². The van der Waals surface area contributed by atoms with Crippen LogP contribution in [0.2, 0.25) is 0 Å². The molecule has 3 nitrogen and oxygen atoms in total. The molecule has 2 aromatic rings. The monoisotopic (exact) mass is 224 g/mol. The molecule has 16 heavy (non-hydrogen) atoms. The Morgan fingerprint density at radius 3 is 2.56 bits per heavy atom. The Kier molecular flexibility index (Phi) is 2.96. The van der Waals surface area contributed by atoms with Gasteiger partial charge in [0.05, 0.1) is 5.69 Å². The van der Waals surface area contributed by atoms with Crippen molar-refractivity contribution in [1.29, 1.82) is 0 Å². The number of aromatic nitrogens is 2. The molecule has 0 aliphatic heterocycles. The van der Waals surface area contributed by atoms with Crippen molar-refractivity contribution >= 4 is 0 Å². The summed E-state index contributed by atoms with van der Waals surface area (Å²) >= 11 is 0. The number of alkyl halides is 2. The van der Waals surface area contributed by atoms with E-state index >= 15 is 0 Å². The highest BCUT2D eigenvalue weighted by Gasteiger charge is 2.22. The number of hydrogen-bond acceptors (Lipinski definition) is 2. The van der Waals surface area contributed by atoms with Gasteiger partial charge in [-0.05, 0) is 12.1 Å². The lowest BCUT2D eigenvalue weighted by atomic mass is 10.1. The van der Waals surface area contributed by atoms with Gasteiger partial charge in [-0.2, -0.15) is 5.10 Å². The summed E-state index contributed by atoms with van der Waals surface area (Å²) in [6, 6.07) is 8.10. The zero-order valence-corrected chi connectivity index (χ0v) is 8.29. The SMILES string of the molecule is OC(c1ccccc1-n1cccn1)C(F)F. The number of para-hydroxylation sites is 1. The molecule has 0 saturated carbocycles. The largest absolute Gasteiger partial charge is 0.382 e. The number of benzene rings is 1. The van der Waals surface area contributed by atoms with E-state index in [0.717, 1.165) is 0 Å². The number of hydrogen-bond donors (Lipinski definition) is 1. The minimum atomic E-state index is -2.81. The number of aliphatic hydroxyl groups is 1. The zero-order chi connectivity index (χ0) is 11.5. The fraction of sp³-hybridized carbons (Fsp3) is 0.182. The molecular formula is C11H10F2N2O. The second-order valence-electron chi connectivity index (χ2n) is 3.29. The van der Waals surface area contributed by atoms with Crippen LogP contribution in [-0.2, 0) is 0 Å². The van der Waals surface area contributed by atoms with Crippen molar-refractivity contribution < 1.29 is 13.9 Å². The van der Waals surface area contributed by atoms with Crippen LogP contribution in [0.5, 0.6) is 0 Å². The lowest BCUT2D eigenvalue weighted by Crippen LogP contribution is -2.11. The van der Waals surface area contributed by atoms with Gasteiger partial charge in [-0.3, -0.25) is 0 Å². The van der Waals surface area contributed by atoms with Crippen LogP contribution < -0.4 is 0 Å². The minimum absolute atomic E-state index is 0.168. The quantitative estimate of drug-likeness (QED) is 0.867. The van der Waals surface area contributed by atoms with E-state index in [-0.39, 0.29) is 5.56 Å². The molecule has 1 aromatic carbocycles. The Labute approximate surface area is 91.0 Å². The average molecular weight is 224 g/mol. The Balaban J connectivity index is 2.46. The van der Waals surface area contributed by atoms with Crippen molar-refractivity contribution in [1.82, 2.24) is 9.78 Å². The first-order chi connectivity index (χ1) is 7.70. The molecule has 0 amide bonds. The maximum atomic E-state index is 12.5. The fourth-order valence-corrected chi connectivity index (χ4v) is 1.49. The number of halogens is 2. The number of aliphatic hydroxyl groups excluding tert-OH is 1. The summed E-state index contributed by atoms with van der Waals surface area (Å²) < 4.78 is 26.4. The van der Waals surface area contributed by atoms with Crippen LogP contribution in [0, 0.1) is 0 Å². The summed E-state index contributed by atoms with van der Waals surface area (Å²) in [7, 11) is 0. The maximum absolute atomic E-state index is 12.5. The predicted octanol–water partition coefficient (Wildman–Crippen LogP) is 2.17. The molecule has 0 aliphatic rings. The summed E-state index contributed by atoms with van der Waals surface area (Å²) in [5, 5.41) is 13.3. The van der Waals surface area contributed by atoms with E-state index in [1.807, 2.05) is 0 Å². The Bertz CT molecular complexity index is 457. The molecule has 84 valence electrons. The molecule has 1 heterocycles. The standard InChI is InChI=1S/C11H10F2N2O/c12-11(13)10(16)8-4-1-2-5-9(8)15-7-3-6-14-15/h1-7,10-11,16H. The summed E-state index contributed by atoms with van der Waals surface area (Å²) in [6.07, 6.45) is -1.42. The third-order valence-electron chi connectivity index (χ3n) is 2.25. The molecule has 1 N–H and O–H groups in total. The smallest absolute Gasteiger partial charge is 0.268 e. The average Bonchev–Trinajstić information content (AvgIpc) is 2.81. The van der Waals surface area contributed by atoms with E-state index in [9.17, 15) is 13.9 Å². The summed E-state index contributed by atoms with van der Waals surface area (Å²) in [4.78, 5) is 0. The lowest BCUT2D eigenvalue weighted by molar-refractivity contribution is -0.00583. The van der Waals surface area contributed by atoms with Crippen molar-refractivity contribution in [2.24, 2.45) is 0 Å². The molecule has 1 unspecified atom stereocenters. The van der Waals surface area contributed by atoms with Crippen molar-refractivity contribution in [2.45, 2.75) is 12.5 Å². The van der Waals surface area contributed by atoms with Crippen LogP contribution in [0.3, 0.4) is 0 Å². The zero-order valence-electron chi connectivity index (χ0n) is 8.29. The van der Waals surface area contributed by atoms with Crippen LogP contribution >= 0.6 is 0 Å². The molecule has 0 aliphatic carbocycles. The summed E-state index contributed by atoms with van der Waals surface area (Å²) in [6.45, 7) is 0. The highest BCUT2D eigenvalue weighted by molar-refractivity contribution is 5.41. The van der Waals surface area contributed by atoms with Crippen molar-refractivity contribution in [2.75, 3.05) is 0 Å². The third-order valence-corrected chi connectivity index (χ3v) is 2.25. The van der Waals surface area contributed by atoms with E-state index < -0.39 is 12.5 Å². The molecule has 0 bridgehead atoms. The van der Waals surface area contributed by atoms with Crippen molar-refractivity contribution in [3.05, 3.63) is 48.3 Å². The van der Waals surface area contributed by atoms with Gasteiger partial charge in [0.25, 0.3) is 6.43 Å². The van der Waals surface area contributed by atoms with Gasteiger partial charge in [0.2, 0.25) is 0 Å². The molecule has 0 saturated heterocycles. The van der Waals surface area contributed by atoms with Gasteiger partial charge in [-0.1, -0.05) is 18.2 Å². The molecule has 5 heteroatoms. The first kappa shape index (κ1) is 10.8. The van der Waals surface area contributed by atoms with Gasteiger partial charge in [0.1, 0.15) is 6.10 Å². The molecule has 0 spiro atoms. The molecule has 0 fully saturated rings. The Morgan fingerprint density at radius 1 is 1.19 bits per heavy atom. The van der Waals surface area contributed by atoms with E-state index in [2.05, 4.69) is 5.10 Å². The predicted molar refractivity (Wildman–Crippen MR) is 54.5 cm³/mol. The van der Waals surface area contributed by atoms with E-state index in [0.29, 0.717) is 5.69 Å². The Hall–Kier alpha value is -1.75. The van der Waals surface area contributed by atoms with Crippen LogP contribution in [-0.4, -0.2) is 21.3 Å². The molecule has 2 rings (SSSR count). The van der Waals surface area contributed by atoms with Gasteiger partial charge in [0, 0.05) is 18.0 Å². The van der Waals surface area contributed by atoms with Crippen molar-refractivity contribution in [3.63, 3.8) is 0 Å². The molecule has 1 atom stereocenters. The van der Waals surface area contributed by atoms with E-state index in [1.54, 1.807) is 36.7 Å². The normalized spacial score (nSPS) is 13.0. The first-order valence-corrected chi connectivity index (χ1v) is 4.75. The highest BCUT2D eigenvalue weighted by atomic mass is 19.3. The van der Waals surface area contributed by atoms with E-state index in [4.69, 9.17) is 0 Å². The van der Waals surface area contributed by atoms with Crippen LogP contribution in [0.25, 0.3) is 5.69 Å². The number of nitrogens with zero attached hydrogens (tertiary/aromatic N) is 2. The fourth-order valence-electron chi connectivity index (χ4n) is 1.49. The van der Waals surface area contributed by atoms with Gasteiger partial charge in [-0.15, -0.1) is 0 Å². The lowest BCUT2D eigenvalue weighted by Gasteiger charge is -2.14. The summed E-state index contributed by atoms with van der Waals surface area (Å²) in [5.74, 6) is 0. The third kappa shape index (κ3) is 1.94. The first-order valence-electron chi connectivity index (χ1n) is 4.75. The van der Waals surface area contributed by atoms with Crippen LogP contribution in [0.15, 0.2) is 42.7 Å². The van der Waals surface area contributed by atoms with Gasteiger partial charge >= 0.3 is 0 Å². The van der Waals surface area contributed by atoms with Crippen molar-refractivity contribution in [3.8, 4) is 5.69 Å². The van der Waals surface area contributed by atoms with Gasteiger partial charge < -0.3 is 5.11 Å². The molecular weight excluding hydrogens is 214 g/mol. The Morgan fingerprint density at radius 2 is 1.94 bits per heavy atom. The highest BCUT2D eigenvalue weighted by Crippen LogP contribution is 2.25. The second-order valence-corrected chi connectivity index (χ2v) is 3.29. The van der Waals surface area contributed by atoms with E-state index in [1.165, 1.54) is 10.7 Å². The number of rotatable bonds is 3. The minimum Gasteiger partial charge on any atom is -0.382 e. The summed E-state index contributed by atoms with van der Waals surface area (Å²) in [5.41, 5.74) is 0.626. The second kappa shape index (κ2) is 4.40. The topological polar surface area (TPSA) is 38.0 Å². The van der Waals surface area contributed by atoms with Gasteiger partial charge in [-0.25, -0.2) is 13.5 Å². The maximum Gasteiger partial charge on any atom is 0.268 e. The molecule has 0 radical (unpaired) electrons.